The number of hydrogen-bond donors (Lipinski definition) is 2. The Morgan fingerprint density at radius 3 is 2.55 bits per heavy atom. The van der Waals surface area contributed by atoms with Crippen molar-refractivity contribution in [2.45, 2.75) is 6.92 Å². The summed E-state index contributed by atoms with van der Waals surface area (Å²) in [6, 6.07) is 19.3. The standard InChI is InChI=1S/C26H19FN4O2/c1-16-2-4-17(5-3-16)18-8-11-28-22(14-18)26(32)31-19-6-7-24(21(27)15-19)33-23-10-13-30-25-20(23)9-12-29-25/h2-15H,1H3,(H,29,30)(H,31,32). The molecule has 0 aliphatic carbocycles. The highest BCUT2D eigenvalue weighted by molar-refractivity contribution is 6.03. The first kappa shape index (κ1) is 20.4. The van der Waals surface area contributed by atoms with Crippen LogP contribution in [0.3, 0.4) is 0 Å². The molecule has 0 fully saturated rings. The summed E-state index contributed by atoms with van der Waals surface area (Å²) >= 11 is 0. The first-order valence-corrected chi connectivity index (χ1v) is 10.3. The number of H-pyrrole nitrogens is 1. The molecule has 5 aromatic rings. The fourth-order valence-electron chi connectivity index (χ4n) is 3.48. The maximum atomic E-state index is 14.7. The number of halogens is 1. The molecule has 0 saturated heterocycles. The Balaban J connectivity index is 1.33. The molecule has 1 amide bonds. The number of aromatic nitrogens is 3. The van der Waals surface area contributed by atoms with Crippen LogP contribution >= 0.6 is 0 Å². The molecule has 7 heteroatoms. The van der Waals surface area contributed by atoms with Crippen molar-refractivity contribution in [2.24, 2.45) is 0 Å². The molecule has 33 heavy (non-hydrogen) atoms. The molecule has 3 heterocycles. The maximum absolute atomic E-state index is 14.7. The SMILES string of the molecule is Cc1ccc(-c2ccnc(C(=O)Nc3ccc(Oc4ccnc5[nH]ccc45)c(F)c3)c2)cc1. The number of fused-ring (bicyclic) bond motifs is 1. The van der Waals surface area contributed by atoms with Crippen molar-refractivity contribution in [1.29, 1.82) is 0 Å². The number of aromatic amines is 1. The van der Waals surface area contributed by atoms with Gasteiger partial charge in [0.15, 0.2) is 11.6 Å². The third-order valence-electron chi connectivity index (χ3n) is 5.21. The lowest BCUT2D eigenvalue weighted by molar-refractivity contribution is 0.102. The Hall–Kier alpha value is -4.52. The normalized spacial score (nSPS) is 10.8. The second-order valence-corrected chi connectivity index (χ2v) is 7.55. The molecule has 0 radical (unpaired) electrons. The lowest BCUT2D eigenvalue weighted by atomic mass is 10.0. The van der Waals surface area contributed by atoms with Crippen LogP contribution in [0.1, 0.15) is 16.1 Å². The second-order valence-electron chi connectivity index (χ2n) is 7.55. The van der Waals surface area contributed by atoms with E-state index in [1.165, 1.54) is 12.1 Å². The van der Waals surface area contributed by atoms with E-state index in [2.05, 4.69) is 20.3 Å². The second kappa shape index (κ2) is 8.55. The van der Waals surface area contributed by atoms with E-state index in [-0.39, 0.29) is 11.4 Å². The van der Waals surface area contributed by atoms with Crippen molar-refractivity contribution < 1.29 is 13.9 Å². The van der Waals surface area contributed by atoms with Crippen molar-refractivity contribution in [3.63, 3.8) is 0 Å². The van der Waals surface area contributed by atoms with Crippen molar-refractivity contribution in [3.05, 3.63) is 102 Å². The van der Waals surface area contributed by atoms with Gasteiger partial charge < -0.3 is 15.0 Å². The van der Waals surface area contributed by atoms with Crippen LogP contribution in [-0.2, 0) is 0 Å². The lowest BCUT2D eigenvalue weighted by Gasteiger charge is -2.10. The summed E-state index contributed by atoms with van der Waals surface area (Å²) in [6.07, 6.45) is 4.90. The van der Waals surface area contributed by atoms with Gasteiger partial charge in [0.2, 0.25) is 0 Å². The number of hydrogen-bond acceptors (Lipinski definition) is 4. The van der Waals surface area contributed by atoms with Crippen LogP contribution < -0.4 is 10.1 Å². The highest BCUT2D eigenvalue weighted by Crippen LogP contribution is 2.31. The van der Waals surface area contributed by atoms with E-state index in [1.807, 2.05) is 43.3 Å². The minimum Gasteiger partial charge on any atom is -0.453 e. The van der Waals surface area contributed by atoms with Gasteiger partial charge >= 0.3 is 0 Å². The molecular formula is C26H19FN4O2. The number of pyridine rings is 2. The Labute approximate surface area is 189 Å². The van der Waals surface area contributed by atoms with Crippen LogP contribution in [0.4, 0.5) is 10.1 Å². The molecule has 0 saturated carbocycles. The van der Waals surface area contributed by atoms with Gasteiger partial charge in [-0.25, -0.2) is 9.37 Å². The molecule has 0 aliphatic heterocycles. The number of aryl methyl sites for hydroxylation is 1. The quantitative estimate of drug-likeness (QED) is 0.347. The average Bonchev–Trinajstić information content (AvgIpc) is 3.31. The van der Waals surface area contributed by atoms with E-state index < -0.39 is 11.7 Å². The number of benzene rings is 2. The number of amides is 1. The summed E-state index contributed by atoms with van der Waals surface area (Å²) < 4.78 is 20.5. The maximum Gasteiger partial charge on any atom is 0.274 e. The molecule has 0 unspecified atom stereocenters. The summed E-state index contributed by atoms with van der Waals surface area (Å²) in [5, 5.41) is 3.44. The molecule has 162 valence electrons. The highest BCUT2D eigenvalue weighted by Gasteiger charge is 2.13. The van der Waals surface area contributed by atoms with E-state index in [0.29, 0.717) is 17.1 Å². The summed E-state index contributed by atoms with van der Waals surface area (Å²) in [7, 11) is 0. The van der Waals surface area contributed by atoms with Crippen LogP contribution in [0.5, 0.6) is 11.5 Å². The number of nitrogens with zero attached hydrogens (tertiary/aromatic N) is 2. The summed E-state index contributed by atoms with van der Waals surface area (Å²) in [5.41, 5.74) is 4.20. The average molecular weight is 438 g/mol. The summed E-state index contributed by atoms with van der Waals surface area (Å²) in [4.78, 5) is 24.1. The van der Waals surface area contributed by atoms with Crippen molar-refractivity contribution >= 4 is 22.6 Å². The van der Waals surface area contributed by atoms with Gasteiger partial charge in [0, 0.05) is 30.3 Å². The van der Waals surface area contributed by atoms with Gasteiger partial charge in [-0.3, -0.25) is 9.78 Å². The van der Waals surface area contributed by atoms with Gasteiger partial charge in [-0.1, -0.05) is 29.8 Å². The molecule has 2 aromatic carbocycles. The molecule has 0 bridgehead atoms. The van der Waals surface area contributed by atoms with Crippen LogP contribution in [0.25, 0.3) is 22.2 Å². The zero-order valence-electron chi connectivity index (χ0n) is 17.7. The molecule has 6 nitrogen and oxygen atoms in total. The number of anilines is 1. The minimum absolute atomic E-state index is 0.0428. The van der Waals surface area contributed by atoms with Crippen molar-refractivity contribution in [2.75, 3.05) is 5.32 Å². The lowest BCUT2D eigenvalue weighted by Crippen LogP contribution is -2.13. The number of nitrogens with one attached hydrogen (secondary N) is 2. The van der Waals surface area contributed by atoms with E-state index in [9.17, 15) is 9.18 Å². The van der Waals surface area contributed by atoms with Gasteiger partial charge in [-0.2, -0.15) is 0 Å². The monoisotopic (exact) mass is 438 g/mol. The van der Waals surface area contributed by atoms with Crippen LogP contribution in [0.2, 0.25) is 0 Å². The van der Waals surface area contributed by atoms with Crippen LogP contribution in [-0.4, -0.2) is 20.9 Å². The Morgan fingerprint density at radius 1 is 0.909 bits per heavy atom. The number of carbonyl (C=O) groups excluding carboxylic acids is 1. The molecule has 2 N–H and O–H groups in total. The third-order valence-corrected chi connectivity index (χ3v) is 5.21. The summed E-state index contributed by atoms with van der Waals surface area (Å²) in [5.74, 6) is -0.509. The Bertz CT molecular complexity index is 1460. The van der Waals surface area contributed by atoms with Crippen LogP contribution in [0.15, 0.2) is 85.3 Å². The fourth-order valence-corrected chi connectivity index (χ4v) is 3.48. The van der Waals surface area contributed by atoms with Gasteiger partial charge in [0.1, 0.15) is 17.1 Å². The zero-order valence-corrected chi connectivity index (χ0v) is 17.7. The zero-order chi connectivity index (χ0) is 22.8. The molecule has 5 rings (SSSR count). The minimum atomic E-state index is -0.602. The smallest absolute Gasteiger partial charge is 0.274 e. The van der Waals surface area contributed by atoms with Crippen molar-refractivity contribution in [3.8, 4) is 22.6 Å². The summed E-state index contributed by atoms with van der Waals surface area (Å²) in [6.45, 7) is 2.02. The molecule has 0 aliphatic rings. The first-order valence-electron chi connectivity index (χ1n) is 10.3. The largest absolute Gasteiger partial charge is 0.453 e. The number of ether oxygens (including phenoxy) is 1. The highest BCUT2D eigenvalue weighted by atomic mass is 19.1. The van der Waals surface area contributed by atoms with Gasteiger partial charge in [-0.05, 0) is 54.4 Å². The van der Waals surface area contributed by atoms with Gasteiger partial charge in [0.25, 0.3) is 5.91 Å². The molecule has 0 spiro atoms. The van der Waals surface area contributed by atoms with Gasteiger partial charge in [-0.15, -0.1) is 0 Å². The Morgan fingerprint density at radius 2 is 1.73 bits per heavy atom. The predicted molar refractivity (Wildman–Crippen MR) is 125 cm³/mol. The molecular weight excluding hydrogens is 419 g/mol. The first-order chi connectivity index (χ1) is 16.1. The van der Waals surface area contributed by atoms with Crippen molar-refractivity contribution in [1.82, 2.24) is 15.0 Å². The van der Waals surface area contributed by atoms with Crippen LogP contribution in [0, 0.1) is 12.7 Å². The molecule has 3 aromatic heterocycles. The topological polar surface area (TPSA) is 79.9 Å². The van der Waals surface area contributed by atoms with E-state index in [1.54, 1.807) is 36.8 Å². The van der Waals surface area contributed by atoms with E-state index in [0.717, 1.165) is 22.1 Å². The van der Waals surface area contributed by atoms with Gasteiger partial charge in [0.05, 0.1) is 5.39 Å². The number of carbonyl (C=O) groups is 1. The Kier molecular flexibility index (Phi) is 5.28. The van der Waals surface area contributed by atoms with E-state index in [4.69, 9.17) is 4.74 Å². The third kappa shape index (κ3) is 4.29. The number of rotatable bonds is 5. The molecule has 0 atom stereocenters. The predicted octanol–water partition coefficient (Wildman–Crippen LogP) is 6.12. The van der Waals surface area contributed by atoms with E-state index >= 15 is 0 Å². The fraction of sp³-hybridized carbons (Fsp3) is 0.0385.